The van der Waals surface area contributed by atoms with E-state index >= 15 is 0 Å². The molecule has 0 spiro atoms. The number of tetrazole rings is 3. The van der Waals surface area contributed by atoms with Gasteiger partial charge in [-0.05, 0) is 130 Å². The van der Waals surface area contributed by atoms with Crippen molar-refractivity contribution in [2.24, 2.45) is 17.8 Å². The molecule has 0 amide bonds. The molecule has 6 aromatic carbocycles. The van der Waals surface area contributed by atoms with Gasteiger partial charge in [0.25, 0.3) is 11.4 Å². The number of halogens is 1. The summed E-state index contributed by atoms with van der Waals surface area (Å²) in [5.41, 5.74) is 16.8. The molecule has 0 saturated heterocycles. The first-order chi connectivity index (χ1) is 45.9. The number of benzene rings is 6. The molecular formula is C69H88BBrN18O6. The lowest BCUT2D eigenvalue weighted by Crippen LogP contribution is -2.39. The van der Waals surface area contributed by atoms with Crippen molar-refractivity contribution in [1.82, 2.24) is 61.9 Å². The zero-order valence-corrected chi connectivity index (χ0v) is 56.7. The minimum atomic E-state index is -1.54. The smallest absolute Gasteiger partial charge is 0.423 e. The number of hydrogen-bond acceptors (Lipinski definition) is 19. The fourth-order valence-corrected chi connectivity index (χ4v) is 13.6. The molecule has 26 heteroatoms. The molecule has 500 valence electrons. The summed E-state index contributed by atoms with van der Waals surface area (Å²) in [5, 5.41) is 83.7. The summed E-state index contributed by atoms with van der Waals surface area (Å²) in [4.78, 5) is 30.1. The Morgan fingerprint density at radius 2 is 0.832 bits per heavy atom. The highest BCUT2D eigenvalue weighted by molar-refractivity contribution is 9.10. The zero-order valence-electron chi connectivity index (χ0n) is 55.1. The minimum absolute atomic E-state index is 0.145. The molecule has 9 aromatic rings. The number of nitrogens with one attached hydrogen (secondary N) is 3. The molecule has 95 heavy (non-hydrogen) atoms. The second-order valence-corrected chi connectivity index (χ2v) is 26.8. The van der Waals surface area contributed by atoms with Crippen molar-refractivity contribution in [1.29, 1.82) is 0 Å². The summed E-state index contributed by atoms with van der Waals surface area (Å²) in [5.74, 6) is 2.89. The van der Waals surface area contributed by atoms with E-state index in [9.17, 15) is 20.2 Å². The lowest BCUT2D eigenvalue weighted by Gasteiger charge is -2.38. The second kappa shape index (κ2) is 34.4. The van der Waals surface area contributed by atoms with Crippen LogP contribution in [-0.2, 0) is 0 Å². The molecule has 0 bridgehead atoms. The molecule has 3 heterocycles. The monoisotopic (exact) mass is 1350 g/mol. The zero-order chi connectivity index (χ0) is 67.4. The molecule has 24 nitrogen and oxygen atoms in total. The summed E-state index contributed by atoms with van der Waals surface area (Å²) >= 11 is 3.34. The van der Waals surface area contributed by atoms with Crippen LogP contribution in [0, 0.1) is 38.0 Å². The third-order valence-corrected chi connectivity index (χ3v) is 18.0. The molecular weight excluding hydrogens is 1270 g/mol. The van der Waals surface area contributed by atoms with E-state index in [1.165, 1.54) is 70.6 Å². The van der Waals surface area contributed by atoms with Gasteiger partial charge in [0.15, 0.2) is 0 Å². The number of rotatable bonds is 20. The SMILES string of the molecule is CC(C)CN(c1ccc(-c2ccccc2-c2nn[nH]n2)cc1N)C1CCCCC1.CC(C)CN(c1ccc(-c2ccccc2-c2nn[nH]n2)cc1[N+](=O)[O-])C1CCCCC1.CC(C)CN(c1ccc(Br)cc1[N+](=O)[O-])C1CCCCC1.OB(O)c1ccccc1-c1nn[nH]n1. The molecule has 0 radical (unpaired) electrons. The van der Waals surface area contributed by atoms with Crippen LogP contribution in [0.5, 0.6) is 0 Å². The Morgan fingerprint density at radius 1 is 0.484 bits per heavy atom. The third kappa shape index (κ3) is 18.9. The van der Waals surface area contributed by atoms with E-state index in [1.807, 2.05) is 66.7 Å². The maximum absolute atomic E-state index is 12.1. The molecule has 3 aromatic heterocycles. The highest BCUT2D eigenvalue weighted by Gasteiger charge is 2.31. The van der Waals surface area contributed by atoms with Crippen LogP contribution in [0.25, 0.3) is 56.4 Å². The highest BCUT2D eigenvalue weighted by atomic mass is 79.9. The number of nitrogens with two attached hydrogens (primary N) is 1. The molecule has 0 aliphatic heterocycles. The van der Waals surface area contributed by atoms with E-state index in [4.69, 9.17) is 15.8 Å². The van der Waals surface area contributed by atoms with Gasteiger partial charge in [0.05, 0.1) is 21.2 Å². The van der Waals surface area contributed by atoms with Gasteiger partial charge in [-0.1, -0.05) is 200 Å². The Labute approximate surface area is 563 Å². The topological polar surface area (TPSA) is 326 Å². The number of nitro groups is 2. The molecule has 12 rings (SSSR count). The average Bonchev–Trinajstić information content (AvgIpc) is 1.21. The first-order valence-electron chi connectivity index (χ1n) is 33.2. The van der Waals surface area contributed by atoms with Gasteiger partial charge in [0.1, 0.15) is 11.4 Å². The van der Waals surface area contributed by atoms with Crippen molar-refractivity contribution in [3.8, 4) is 56.4 Å². The van der Waals surface area contributed by atoms with Crippen LogP contribution in [0.4, 0.5) is 34.1 Å². The van der Waals surface area contributed by atoms with Gasteiger partial charge < -0.3 is 30.5 Å². The fourth-order valence-electron chi connectivity index (χ4n) is 13.3. The van der Waals surface area contributed by atoms with Gasteiger partial charge in [-0.2, -0.15) is 15.6 Å². The van der Waals surface area contributed by atoms with Crippen molar-refractivity contribution in [2.45, 2.75) is 156 Å². The number of aromatic amines is 3. The number of nitro benzene ring substituents is 2. The number of nitrogen functional groups attached to an aromatic ring is 1. The van der Waals surface area contributed by atoms with Crippen LogP contribution in [-0.4, -0.2) is 127 Å². The van der Waals surface area contributed by atoms with Crippen molar-refractivity contribution in [2.75, 3.05) is 40.1 Å². The van der Waals surface area contributed by atoms with Gasteiger partial charge in [-0.25, -0.2) is 0 Å². The number of H-pyrrole nitrogens is 3. The molecule has 7 N–H and O–H groups in total. The van der Waals surface area contributed by atoms with Crippen molar-refractivity contribution in [3.63, 3.8) is 0 Å². The first kappa shape index (κ1) is 70.3. The molecule has 3 aliphatic rings. The van der Waals surface area contributed by atoms with Crippen LogP contribution in [0.2, 0.25) is 0 Å². The predicted molar refractivity (Wildman–Crippen MR) is 379 cm³/mol. The average molecular weight is 1360 g/mol. The van der Waals surface area contributed by atoms with E-state index in [0.717, 1.165) is 100 Å². The maximum atomic E-state index is 12.1. The van der Waals surface area contributed by atoms with Gasteiger partial charge in [0, 0.05) is 71.1 Å². The third-order valence-electron chi connectivity index (χ3n) is 17.5. The Balaban J connectivity index is 0.000000154. The summed E-state index contributed by atoms with van der Waals surface area (Å²) in [7, 11) is -1.54. The van der Waals surface area contributed by atoms with Crippen LogP contribution in [0.15, 0.2) is 132 Å². The second-order valence-electron chi connectivity index (χ2n) is 25.9. The van der Waals surface area contributed by atoms with E-state index < -0.39 is 7.12 Å². The van der Waals surface area contributed by atoms with Gasteiger partial charge in [0.2, 0.25) is 17.5 Å². The summed E-state index contributed by atoms with van der Waals surface area (Å²) in [6.07, 6.45) is 18.3. The quantitative estimate of drug-likeness (QED) is 0.0179. The number of aromatic nitrogens is 12. The van der Waals surface area contributed by atoms with E-state index in [0.29, 0.717) is 70.1 Å². The van der Waals surface area contributed by atoms with Crippen LogP contribution < -0.4 is 25.9 Å². The molecule has 0 atom stereocenters. The molecule has 3 fully saturated rings. The normalized spacial score (nSPS) is 14.4. The lowest BCUT2D eigenvalue weighted by atomic mass is 9.77. The van der Waals surface area contributed by atoms with E-state index in [2.05, 4.69) is 158 Å². The van der Waals surface area contributed by atoms with Gasteiger partial charge in [-0.3, -0.25) is 20.2 Å². The summed E-state index contributed by atoms with van der Waals surface area (Å²) < 4.78 is 0.756. The van der Waals surface area contributed by atoms with Crippen molar-refractivity contribution >= 4 is 62.6 Å². The molecule has 0 unspecified atom stereocenters. The van der Waals surface area contributed by atoms with E-state index in [1.54, 1.807) is 36.4 Å². The Hall–Kier alpha value is -9.01. The predicted octanol–water partition coefficient (Wildman–Crippen LogP) is 13.8. The Bertz CT molecular complexity index is 3840. The standard InChI is InChI=1S/C23H28N6O2.C23H30N6.C16H23BrN2O2.C7H7BN4O2/c1-16(2)15-28(18-8-4-3-5-9-18)21-13-12-17(14-22(21)29(30)31)19-10-6-7-11-20(19)23-24-26-27-25-23;1-16(2)15-29(18-8-4-3-5-9-18)22-13-12-17(14-21(22)24)19-10-6-7-11-20(19)23-25-27-28-26-23;1-12(2)11-18(14-6-4-3-5-7-14)15-9-8-13(17)10-16(15)19(20)21;13-8(14)6-4-2-1-3-5(6)7-9-11-12-10-7/h6-7,10-14,16,18H,3-5,8-9,15H2,1-2H3,(H,24,25,26,27);6-7,10-14,16,18H,3-5,8-9,15,24H2,1-2H3,(H,25,26,27,28);8-10,12,14H,3-7,11H2,1-2H3;1-4,13-14H,(H,9,10,11,12). The van der Waals surface area contributed by atoms with Crippen LogP contribution in [0.3, 0.4) is 0 Å². The fraction of sp³-hybridized carbons (Fsp3) is 0.435. The first-order valence-corrected chi connectivity index (χ1v) is 34.0. The Kier molecular flexibility index (Phi) is 25.5. The summed E-state index contributed by atoms with van der Waals surface area (Å²) in [6, 6.07) is 41.3. The number of nitrogens with zero attached hydrogens (tertiary/aromatic N) is 14. The number of hydrogen-bond donors (Lipinski definition) is 6. The van der Waals surface area contributed by atoms with Gasteiger partial charge >= 0.3 is 7.12 Å². The largest absolute Gasteiger partial charge is 0.489 e. The maximum Gasteiger partial charge on any atom is 0.489 e. The summed E-state index contributed by atoms with van der Waals surface area (Å²) in [6.45, 7) is 15.9. The molecule has 3 saturated carbocycles. The van der Waals surface area contributed by atoms with Gasteiger partial charge in [-0.15, -0.1) is 30.6 Å². The lowest BCUT2D eigenvalue weighted by molar-refractivity contribution is -0.384. The number of anilines is 4. The van der Waals surface area contributed by atoms with Crippen LogP contribution >= 0.6 is 15.9 Å². The van der Waals surface area contributed by atoms with Crippen molar-refractivity contribution in [3.05, 3.63) is 152 Å². The molecule has 3 aliphatic carbocycles. The highest BCUT2D eigenvalue weighted by Crippen LogP contribution is 2.42. The minimum Gasteiger partial charge on any atom is -0.423 e. The van der Waals surface area contributed by atoms with E-state index in [-0.39, 0.29) is 21.2 Å². The Morgan fingerprint density at radius 3 is 1.21 bits per heavy atom. The van der Waals surface area contributed by atoms with Crippen molar-refractivity contribution < 1.29 is 19.9 Å². The van der Waals surface area contributed by atoms with Crippen LogP contribution in [0.1, 0.15) is 138 Å².